The molecular weight excluding hydrogens is 871 g/mol. The van der Waals surface area contributed by atoms with E-state index in [1.807, 2.05) is 23.5 Å². The van der Waals surface area contributed by atoms with Crippen molar-refractivity contribution < 1.29 is 0 Å². The van der Waals surface area contributed by atoms with Gasteiger partial charge in [-0.05, 0) is 102 Å². The molecular formula is C64H41N5S. The Balaban J connectivity index is 1.06. The average molecular weight is 912 g/mol. The van der Waals surface area contributed by atoms with Crippen LogP contribution in [0.5, 0.6) is 0 Å². The lowest BCUT2D eigenvalue weighted by atomic mass is 10.0. The first-order chi connectivity index (χ1) is 34.7. The topological polar surface area (TPSA) is 38.9 Å². The van der Waals surface area contributed by atoms with E-state index in [1.54, 1.807) is 0 Å². The van der Waals surface area contributed by atoms with Crippen LogP contribution in [0.1, 0.15) is 0 Å². The molecule has 0 bridgehead atoms. The lowest BCUT2D eigenvalue weighted by molar-refractivity contribution is 0.996. The fourth-order valence-corrected chi connectivity index (χ4v) is 11.5. The van der Waals surface area contributed by atoms with E-state index in [9.17, 15) is 0 Å². The number of thiophene rings is 1. The van der Waals surface area contributed by atoms with Crippen LogP contribution in [0.2, 0.25) is 0 Å². The van der Waals surface area contributed by atoms with E-state index in [0.717, 1.165) is 83.5 Å². The molecule has 0 fully saturated rings. The van der Waals surface area contributed by atoms with Crippen molar-refractivity contribution in [2.24, 2.45) is 0 Å². The van der Waals surface area contributed by atoms with Crippen LogP contribution in [-0.2, 0) is 0 Å². The molecule has 4 aromatic heterocycles. The van der Waals surface area contributed by atoms with Gasteiger partial charge in [0.2, 0.25) is 5.95 Å². The van der Waals surface area contributed by atoms with Crippen LogP contribution in [0.15, 0.2) is 249 Å². The number of hydrogen-bond donors (Lipinski definition) is 0. The van der Waals surface area contributed by atoms with Gasteiger partial charge in [-0.2, -0.15) is 0 Å². The number of nitrogens with zero attached hydrogens (tertiary/aromatic N) is 5. The predicted octanol–water partition coefficient (Wildman–Crippen LogP) is 17.5. The second-order valence-corrected chi connectivity index (χ2v) is 18.9. The summed E-state index contributed by atoms with van der Waals surface area (Å²) in [5, 5.41) is 7.08. The molecule has 0 spiro atoms. The zero-order valence-electron chi connectivity index (χ0n) is 37.8. The highest BCUT2D eigenvalue weighted by Gasteiger charge is 2.23. The number of hydrogen-bond acceptors (Lipinski definition) is 4. The third kappa shape index (κ3) is 6.61. The first-order valence-electron chi connectivity index (χ1n) is 23.6. The SMILES string of the molecule is c1ccc(-c2ccc(N(c3ccc4sc5ccccc5c4c3)c3ccc4c(c3)c3cc5c(cc3n4-c3nc(-c4ccccc4)cc(-c4ccccc4)n3)c3ccccc3n5-c3ccccc3)cc2)cc1. The fraction of sp³-hybridized carbons (Fsp3) is 0. The molecule has 0 saturated carbocycles. The van der Waals surface area contributed by atoms with Gasteiger partial charge in [0.15, 0.2) is 0 Å². The summed E-state index contributed by atoms with van der Waals surface area (Å²) in [5.41, 5.74) is 14.8. The maximum Gasteiger partial charge on any atom is 0.235 e. The van der Waals surface area contributed by atoms with E-state index in [4.69, 9.17) is 9.97 Å². The standard InChI is InChI=1S/C64H41N5S/c1-5-17-42(18-6-1)43-29-31-47(32-30-43)67(49-34-36-63-55(38-49)51-26-14-16-28-62(51)70-63)48-33-35-59-52(37-48)54-40-60-53(50-25-13-15-27-58(50)68(60)46-23-11-4-12-24-46)39-61(54)69(59)64-65-56(44-19-7-2-8-20-44)41-57(66-64)45-21-9-3-10-22-45/h1-41H. The van der Waals surface area contributed by atoms with Crippen LogP contribution in [0.25, 0.3) is 109 Å². The van der Waals surface area contributed by atoms with Gasteiger partial charge in [-0.3, -0.25) is 4.57 Å². The molecule has 14 rings (SSSR count). The predicted molar refractivity (Wildman–Crippen MR) is 295 cm³/mol. The van der Waals surface area contributed by atoms with Crippen molar-refractivity contribution in [2.75, 3.05) is 4.90 Å². The number of benzene rings is 10. The van der Waals surface area contributed by atoms with Crippen LogP contribution in [0.4, 0.5) is 17.1 Å². The molecule has 70 heavy (non-hydrogen) atoms. The zero-order chi connectivity index (χ0) is 46.1. The summed E-state index contributed by atoms with van der Waals surface area (Å²) >= 11 is 1.84. The van der Waals surface area contributed by atoms with Gasteiger partial charge in [0, 0.05) is 75.6 Å². The summed E-state index contributed by atoms with van der Waals surface area (Å²) in [4.78, 5) is 13.3. The molecule has 10 aromatic carbocycles. The van der Waals surface area contributed by atoms with E-state index in [-0.39, 0.29) is 0 Å². The molecule has 0 N–H and O–H groups in total. The molecule has 0 aliphatic heterocycles. The van der Waals surface area contributed by atoms with Crippen molar-refractivity contribution in [3.05, 3.63) is 249 Å². The van der Waals surface area contributed by atoms with Gasteiger partial charge in [-0.1, -0.05) is 158 Å². The molecule has 6 heteroatoms. The molecule has 0 amide bonds. The summed E-state index contributed by atoms with van der Waals surface area (Å²) in [6.07, 6.45) is 0. The van der Waals surface area contributed by atoms with E-state index in [2.05, 4.69) is 251 Å². The van der Waals surface area contributed by atoms with Crippen molar-refractivity contribution >= 4 is 92.2 Å². The third-order valence-electron chi connectivity index (χ3n) is 13.7. The minimum Gasteiger partial charge on any atom is -0.310 e. The summed E-state index contributed by atoms with van der Waals surface area (Å²) in [7, 11) is 0. The first kappa shape index (κ1) is 40.0. The quantitative estimate of drug-likeness (QED) is 0.152. The van der Waals surface area contributed by atoms with Gasteiger partial charge < -0.3 is 9.47 Å². The Morgan fingerprint density at radius 2 is 0.771 bits per heavy atom. The molecule has 0 saturated heterocycles. The highest BCUT2D eigenvalue weighted by molar-refractivity contribution is 7.25. The normalized spacial score (nSPS) is 11.7. The molecule has 0 aliphatic carbocycles. The van der Waals surface area contributed by atoms with Gasteiger partial charge in [-0.25, -0.2) is 9.97 Å². The molecule has 0 unspecified atom stereocenters. The number of aromatic nitrogens is 4. The molecule has 14 aromatic rings. The van der Waals surface area contributed by atoms with Crippen molar-refractivity contribution in [3.63, 3.8) is 0 Å². The summed E-state index contributed by atoms with van der Waals surface area (Å²) in [6.45, 7) is 0. The molecule has 0 atom stereocenters. The van der Waals surface area contributed by atoms with Crippen molar-refractivity contribution in [3.8, 4) is 45.3 Å². The summed E-state index contributed by atoms with van der Waals surface area (Å²) in [5.74, 6) is 0.613. The fourth-order valence-electron chi connectivity index (χ4n) is 10.5. The Kier molecular flexibility index (Phi) is 9.32. The average Bonchev–Trinajstić information content (AvgIpc) is 4.08. The third-order valence-corrected chi connectivity index (χ3v) is 14.9. The van der Waals surface area contributed by atoms with E-state index < -0.39 is 0 Å². The van der Waals surface area contributed by atoms with Gasteiger partial charge in [-0.15, -0.1) is 11.3 Å². The van der Waals surface area contributed by atoms with Crippen molar-refractivity contribution in [2.45, 2.75) is 0 Å². The Hall–Kier alpha value is -9.10. The maximum atomic E-state index is 5.44. The van der Waals surface area contributed by atoms with Gasteiger partial charge in [0.25, 0.3) is 0 Å². The Bertz CT molecular complexity index is 4210. The zero-order valence-corrected chi connectivity index (χ0v) is 38.6. The van der Waals surface area contributed by atoms with Crippen LogP contribution >= 0.6 is 11.3 Å². The molecule has 4 heterocycles. The summed E-state index contributed by atoms with van der Waals surface area (Å²) in [6, 6.07) is 89.3. The molecule has 5 nitrogen and oxygen atoms in total. The Morgan fingerprint density at radius 3 is 1.46 bits per heavy atom. The van der Waals surface area contributed by atoms with Crippen LogP contribution < -0.4 is 4.90 Å². The molecule has 0 radical (unpaired) electrons. The van der Waals surface area contributed by atoms with E-state index in [1.165, 1.54) is 36.7 Å². The van der Waals surface area contributed by atoms with E-state index in [0.29, 0.717) is 5.95 Å². The van der Waals surface area contributed by atoms with Crippen molar-refractivity contribution in [1.29, 1.82) is 0 Å². The largest absolute Gasteiger partial charge is 0.310 e. The van der Waals surface area contributed by atoms with Crippen LogP contribution in [0.3, 0.4) is 0 Å². The minimum absolute atomic E-state index is 0.613. The maximum absolute atomic E-state index is 5.44. The lowest BCUT2D eigenvalue weighted by Crippen LogP contribution is -2.10. The second kappa shape index (κ2) is 16.3. The van der Waals surface area contributed by atoms with Gasteiger partial charge >= 0.3 is 0 Å². The van der Waals surface area contributed by atoms with Crippen molar-refractivity contribution in [1.82, 2.24) is 19.1 Å². The Labute approximate surface area is 408 Å². The minimum atomic E-state index is 0.613. The monoisotopic (exact) mass is 911 g/mol. The van der Waals surface area contributed by atoms with Gasteiger partial charge in [0.1, 0.15) is 0 Å². The number of para-hydroxylation sites is 2. The highest BCUT2D eigenvalue weighted by Crippen LogP contribution is 2.45. The second-order valence-electron chi connectivity index (χ2n) is 17.8. The smallest absolute Gasteiger partial charge is 0.235 e. The number of anilines is 3. The van der Waals surface area contributed by atoms with Gasteiger partial charge in [0.05, 0.1) is 33.5 Å². The molecule has 0 aliphatic rings. The summed E-state index contributed by atoms with van der Waals surface area (Å²) < 4.78 is 7.24. The molecule has 328 valence electrons. The number of fused-ring (bicyclic) bond motifs is 9. The van der Waals surface area contributed by atoms with E-state index >= 15 is 0 Å². The van der Waals surface area contributed by atoms with Crippen LogP contribution in [0, 0.1) is 0 Å². The lowest BCUT2D eigenvalue weighted by Gasteiger charge is -2.26. The first-order valence-corrected chi connectivity index (χ1v) is 24.5. The number of rotatable bonds is 8. The Morgan fingerprint density at radius 1 is 0.300 bits per heavy atom. The van der Waals surface area contributed by atoms with Crippen LogP contribution in [-0.4, -0.2) is 19.1 Å². The highest BCUT2D eigenvalue weighted by atomic mass is 32.1.